The van der Waals surface area contributed by atoms with E-state index in [9.17, 15) is 9.18 Å². The average molecular weight is 276 g/mol. The van der Waals surface area contributed by atoms with Crippen LogP contribution in [0.4, 0.5) is 10.1 Å². The van der Waals surface area contributed by atoms with Crippen LogP contribution in [0.2, 0.25) is 5.02 Å². The number of hydrogen-bond donors (Lipinski definition) is 1. The molecule has 1 rings (SSSR count). The highest BCUT2D eigenvalue weighted by atomic mass is 35.5. The van der Waals surface area contributed by atoms with Crippen LogP contribution in [0.25, 0.3) is 0 Å². The zero-order valence-electron chi connectivity index (χ0n) is 10.0. The van der Waals surface area contributed by atoms with Gasteiger partial charge in [-0.05, 0) is 19.1 Å². The number of rotatable bonds is 7. The van der Waals surface area contributed by atoms with Gasteiger partial charge in [-0.25, -0.2) is 9.18 Å². The van der Waals surface area contributed by atoms with Crippen molar-refractivity contribution in [1.82, 2.24) is 0 Å². The molecule has 0 fully saturated rings. The van der Waals surface area contributed by atoms with Crippen LogP contribution >= 0.6 is 11.6 Å². The normalized spacial score (nSPS) is 10.2. The van der Waals surface area contributed by atoms with Crippen LogP contribution in [-0.4, -0.2) is 32.3 Å². The van der Waals surface area contributed by atoms with Gasteiger partial charge in [-0.2, -0.15) is 0 Å². The Labute approximate surface area is 110 Å². The van der Waals surface area contributed by atoms with Crippen LogP contribution in [0.3, 0.4) is 0 Å². The van der Waals surface area contributed by atoms with Crippen molar-refractivity contribution >= 4 is 23.3 Å². The topological polar surface area (TPSA) is 47.6 Å². The molecule has 0 amide bonds. The summed E-state index contributed by atoms with van der Waals surface area (Å²) in [5.41, 5.74) is 0.308. The van der Waals surface area contributed by atoms with Gasteiger partial charge in [0.1, 0.15) is 6.61 Å². The van der Waals surface area contributed by atoms with E-state index in [2.05, 4.69) is 10.1 Å². The van der Waals surface area contributed by atoms with E-state index in [0.717, 1.165) is 0 Å². The summed E-state index contributed by atoms with van der Waals surface area (Å²) in [6.45, 7) is 2.59. The molecule has 0 saturated carbocycles. The second kappa shape index (κ2) is 7.89. The van der Waals surface area contributed by atoms with Crippen LogP contribution < -0.4 is 5.32 Å². The van der Waals surface area contributed by atoms with Gasteiger partial charge < -0.3 is 14.8 Å². The maximum Gasteiger partial charge on any atom is 0.332 e. The van der Waals surface area contributed by atoms with Gasteiger partial charge in [0.15, 0.2) is 5.82 Å². The third-order valence-corrected chi connectivity index (χ3v) is 2.33. The Balaban J connectivity index is 2.22. The summed E-state index contributed by atoms with van der Waals surface area (Å²) in [7, 11) is 0. The van der Waals surface area contributed by atoms with Crippen molar-refractivity contribution in [2.75, 3.05) is 31.7 Å². The van der Waals surface area contributed by atoms with Crippen LogP contribution in [0, 0.1) is 5.82 Å². The van der Waals surface area contributed by atoms with E-state index in [1.165, 1.54) is 6.07 Å². The van der Waals surface area contributed by atoms with Gasteiger partial charge in [-0.15, -0.1) is 0 Å². The van der Waals surface area contributed by atoms with E-state index in [1.54, 1.807) is 19.1 Å². The van der Waals surface area contributed by atoms with Gasteiger partial charge in [-0.3, -0.25) is 0 Å². The van der Waals surface area contributed by atoms with Gasteiger partial charge >= 0.3 is 5.97 Å². The predicted molar refractivity (Wildman–Crippen MR) is 67.4 cm³/mol. The molecule has 0 saturated heterocycles. The second-order valence-electron chi connectivity index (χ2n) is 3.39. The fourth-order valence-electron chi connectivity index (χ4n) is 1.26. The summed E-state index contributed by atoms with van der Waals surface area (Å²) in [6.07, 6.45) is 0. The maximum absolute atomic E-state index is 13.4. The number of anilines is 1. The van der Waals surface area contributed by atoms with E-state index in [4.69, 9.17) is 16.3 Å². The second-order valence-corrected chi connectivity index (χ2v) is 3.79. The first-order chi connectivity index (χ1) is 8.65. The molecule has 1 aromatic rings. The highest BCUT2D eigenvalue weighted by molar-refractivity contribution is 6.31. The van der Waals surface area contributed by atoms with E-state index in [-0.39, 0.29) is 18.2 Å². The molecule has 0 heterocycles. The Kier molecular flexibility index (Phi) is 6.46. The molecule has 0 bridgehead atoms. The minimum absolute atomic E-state index is 0.0624. The summed E-state index contributed by atoms with van der Waals surface area (Å²) in [4.78, 5) is 10.9. The molecular weight excluding hydrogens is 261 g/mol. The van der Waals surface area contributed by atoms with Crippen LogP contribution in [0.1, 0.15) is 6.92 Å². The summed E-state index contributed by atoms with van der Waals surface area (Å²) < 4.78 is 23.2. The Hall–Kier alpha value is -1.33. The monoisotopic (exact) mass is 275 g/mol. The van der Waals surface area contributed by atoms with Crippen LogP contribution in [-0.2, 0) is 14.3 Å². The fraction of sp³-hybridized carbons (Fsp3) is 0.417. The van der Waals surface area contributed by atoms with Crippen molar-refractivity contribution in [1.29, 1.82) is 0 Å². The third kappa shape index (κ3) is 4.89. The van der Waals surface area contributed by atoms with Crippen molar-refractivity contribution in [3.05, 3.63) is 29.0 Å². The standard InChI is InChI=1S/C12H15ClFNO3/c1-2-18-11(16)8-17-7-6-15-10-5-3-4-9(13)12(10)14/h3-5,15H,2,6-8H2,1H3. The molecule has 0 atom stereocenters. The number of nitrogens with one attached hydrogen (secondary N) is 1. The Morgan fingerprint density at radius 2 is 2.28 bits per heavy atom. The number of ether oxygens (including phenoxy) is 2. The van der Waals surface area contributed by atoms with E-state index in [1.807, 2.05) is 0 Å². The Morgan fingerprint density at radius 3 is 3.00 bits per heavy atom. The predicted octanol–water partition coefficient (Wildman–Crippen LogP) is 2.47. The molecule has 4 nitrogen and oxygen atoms in total. The lowest BCUT2D eigenvalue weighted by molar-refractivity contribution is -0.148. The molecule has 0 radical (unpaired) electrons. The van der Waals surface area contributed by atoms with Gasteiger partial charge in [0, 0.05) is 6.54 Å². The molecule has 0 aliphatic heterocycles. The molecule has 0 aromatic heterocycles. The largest absolute Gasteiger partial charge is 0.464 e. The van der Waals surface area contributed by atoms with Gasteiger partial charge in [-0.1, -0.05) is 17.7 Å². The molecule has 0 aliphatic carbocycles. The van der Waals surface area contributed by atoms with E-state index >= 15 is 0 Å². The smallest absolute Gasteiger partial charge is 0.332 e. The summed E-state index contributed by atoms with van der Waals surface area (Å²) in [6, 6.07) is 4.69. The quantitative estimate of drug-likeness (QED) is 0.613. The molecule has 1 N–H and O–H groups in total. The molecule has 100 valence electrons. The first-order valence-corrected chi connectivity index (χ1v) is 5.94. The molecule has 18 heavy (non-hydrogen) atoms. The van der Waals surface area contributed by atoms with E-state index in [0.29, 0.717) is 18.8 Å². The van der Waals surface area contributed by atoms with Gasteiger partial charge in [0.25, 0.3) is 0 Å². The zero-order valence-corrected chi connectivity index (χ0v) is 10.8. The summed E-state index contributed by atoms with van der Waals surface area (Å²) >= 11 is 5.62. The molecule has 6 heteroatoms. The number of halogens is 2. The first kappa shape index (κ1) is 14.7. The highest BCUT2D eigenvalue weighted by Gasteiger charge is 2.05. The van der Waals surface area contributed by atoms with Gasteiger partial charge in [0.2, 0.25) is 0 Å². The fourth-order valence-corrected chi connectivity index (χ4v) is 1.43. The minimum atomic E-state index is -0.496. The van der Waals surface area contributed by atoms with E-state index < -0.39 is 11.8 Å². The first-order valence-electron chi connectivity index (χ1n) is 5.56. The number of carbonyl (C=O) groups excluding carboxylic acids is 1. The minimum Gasteiger partial charge on any atom is -0.464 e. The molecule has 1 aromatic carbocycles. The molecule has 0 unspecified atom stereocenters. The average Bonchev–Trinajstić information content (AvgIpc) is 2.34. The van der Waals surface area contributed by atoms with Crippen molar-refractivity contribution in [2.24, 2.45) is 0 Å². The zero-order chi connectivity index (χ0) is 13.4. The third-order valence-electron chi connectivity index (χ3n) is 2.04. The maximum atomic E-state index is 13.4. The number of esters is 1. The summed E-state index contributed by atoms with van der Waals surface area (Å²) in [5, 5.41) is 2.89. The van der Waals surface area contributed by atoms with Crippen molar-refractivity contribution in [3.8, 4) is 0 Å². The highest BCUT2D eigenvalue weighted by Crippen LogP contribution is 2.21. The lowest BCUT2D eigenvalue weighted by Crippen LogP contribution is -2.17. The van der Waals surface area contributed by atoms with Crippen molar-refractivity contribution in [2.45, 2.75) is 6.92 Å². The molecule has 0 spiro atoms. The molecular formula is C12H15ClFNO3. The Bertz CT molecular complexity index is 401. The Morgan fingerprint density at radius 1 is 1.50 bits per heavy atom. The van der Waals surface area contributed by atoms with Crippen molar-refractivity contribution in [3.63, 3.8) is 0 Å². The lowest BCUT2D eigenvalue weighted by Gasteiger charge is -2.08. The molecule has 0 aliphatic rings. The van der Waals surface area contributed by atoms with Gasteiger partial charge in [0.05, 0.1) is 23.9 Å². The SMILES string of the molecule is CCOC(=O)COCCNc1cccc(Cl)c1F. The number of carbonyl (C=O) groups is 1. The lowest BCUT2D eigenvalue weighted by atomic mass is 10.3. The van der Waals surface area contributed by atoms with Crippen molar-refractivity contribution < 1.29 is 18.7 Å². The number of benzene rings is 1. The summed E-state index contributed by atoms with van der Waals surface area (Å²) in [5.74, 6) is -0.906. The van der Waals surface area contributed by atoms with Crippen LogP contribution in [0.15, 0.2) is 18.2 Å². The number of hydrogen-bond acceptors (Lipinski definition) is 4. The van der Waals surface area contributed by atoms with Crippen LogP contribution in [0.5, 0.6) is 0 Å².